The van der Waals surface area contributed by atoms with Gasteiger partial charge in [-0.1, -0.05) is 6.92 Å². The number of hydrogen-bond donors (Lipinski definition) is 1. The summed E-state index contributed by atoms with van der Waals surface area (Å²) in [6.45, 7) is 4.36. The molecule has 0 radical (unpaired) electrons. The largest absolute Gasteiger partial charge is 0.477 e. The summed E-state index contributed by atoms with van der Waals surface area (Å²) in [6.07, 6.45) is 5.21. The number of carbonyl (C=O) groups is 1. The first kappa shape index (κ1) is 15.8. The number of rotatable bonds is 4. The van der Waals surface area contributed by atoms with Crippen LogP contribution in [0.3, 0.4) is 0 Å². The molecule has 3 aromatic heterocycles. The van der Waals surface area contributed by atoms with Crippen LogP contribution in [0.1, 0.15) is 29.9 Å². The summed E-state index contributed by atoms with van der Waals surface area (Å²) >= 11 is 0. The van der Waals surface area contributed by atoms with Crippen molar-refractivity contribution in [3.05, 3.63) is 52.2 Å². The Kier molecular flexibility index (Phi) is 4.07. The molecule has 0 atom stereocenters. The average Bonchev–Trinajstić information content (AvgIpc) is 2.61. The lowest BCUT2D eigenvalue weighted by Crippen LogP contribution is -2.19. The van der Waals surface area contributed by atoms with Gasteiger partial charge in [-0.2, -0.15) is 0 Å². The van der Waals surface area contributed by atoms with E-state index in [-0.39, 0.29) is 10.9 Å². The molecule has 24 heavy (non-hydrogen) atoms. The van der Waals surface area contributed by atoms with Crippen molar-refractivity contribution in [3.8, 4) is 11.4 Å². The van der Waals surface area contributed by atoms with Gasteiger partial charge in [0.05, 0.1) is 5.39 Å². The van der Waals surface area contributed by atoms with Crippen molar-refractivity contribution in [1.82, 2.24) is 19.5 Å². The lowest BCUT2D eigenvalue weighted by atomic mass is 10.1. The zero-order valence-corrected chi connectivity index (χ0v) is 13.4. The van der Waals surface area contributed by atoms with E-state index < -0.39 is 11.4 Å². The highest BCUT2D eigenvalue weighted by molar-refractivity contribution is 5.91. The highest BCUT2D eigenvalue weighted by atomic mass is 16.4. The van der Waals surface area contributed by atoms with Gasteiger partial charge in [0, 0.05) is 36.4 Å². The second kappa shape index (κ2) is 6.19. The molecule has 0 unspecified atom stereocenters. The fourth-order valence-electron chi connectivity index (χ4n) is 2.52. The summed E-state index contributed by atoms with van der Waals surface area (Å²) in [6, 6.07) is 3.71. The maximum Gasteiger partial charge on any atom is 0.341 e. The third-order valence-corrected chi connectivity index (χ3v) is 3.82. The molecule has 0 amide bonds. The molecule has 0 spiro atoms. The molecule has 122 valence electrons. The van der Waals surface area contributed by atoms with Crippen LogP contribution < -0.4 is 5.43 Å². The van der Waals surface area contributed by atoms with Crippen molar-refractivity contribution in [2.45, 2.75) is 26.8 Å². The summed E-state index contributed by atoms with van der Waals surface area (Å²) in [7, 11) is 0. The number of aromatic carboxylic acids is 1. The monoisotopic (exact) mass is 324 g/mol. The summed E-state index contributed by atoms with van der Waals surface area (Å²) in [5.74, 6) is -0.779. The Hall–Kier alpha value is -3.09. The molecule has 0 aliphatic heterocycles. The van der Waals surface area contributed by atoms with E-state index in [0.717, 1.165) is 17.7 Å². The van der Waals surface area contributed by atoms with Crippen molar-refractivity contribution in [2.24, 2.45) is 0 Å². The van der Waals surface area contributed by atoms with E-state index in [4.69, 9.17) is 0 Å². The van der Waals surface area contributed by atoms with Crippen molar-refractivity contribution in [1.29, 1.82) is 0 Å². The predicted octanol–water partition coefficient (Wildman–Crippen LogP) is 2.13. The Labute approximate surface area is 137 Å². The lowest BCUT2D eigenvalue weighted by molar-refractivity contribution is 0.0695. The van der Waals surface area contributed by atoms with Gasteiger partial charge in [-0.05, 0) is 25.5 Å². The Morgan fingerprint density at radius 1 is 1.29 bits per heavy atom. The smallest absolute Gasteiger partial charge is 0.341 e. The minimum absolute atomic E-state index is 0.199. The number of fused-ring (bicyclic) bond motifs is 1. The predicted molar refractivity (Wildman–Crippen MR) is 89.0 cm³/mol. The summed E-state index contributed by atoms with van der Waals surface area (Å²) in [5, 5.41) is 9.37. The van der Waals surface area contributed by atoms with Crippen molar-refractivity contribution in [2.75, 3.05) is 0 Å². The standard InChI is InChI=1S/C17H16N4O3/c1-3-11-7-10(5-6-18-11)15-19-8-12-14(22)13(17(23)24)9-21(4-2)16(12)20-15/h5-9H,3-4H2,1-2H3,(H,23,24). The molecule has 0 saturated carbocycles. The van der Waals surface area contributed by atoms with Crippen LogP contribution in [-0.4, -0.2) is 30.6 Å². The van der Waals surface area contributed by atoms with E-state index in [1.807, 2.05) is 19.9 Å². The van der Waals surface area contributed by atoms with Crippen molar-refractivity contribution >= 4 is 17.0 Å². The maximum absolute atomic E-state index is 12.3. The molecule has 0 bridgehead atoms. The molecular weight excluding hydrogens is 308 g/mol. The number of carboxylic acids is 1. The molecule has 0 saturated heterocycles. The molecule has 3 heterocycles. The zero-order valence-electron chi connectivity index (χ0n) is 13.4. The van der Waals surface area contributed by atoms with Gasteiger partial charge < -0.3 is 9.67 Å². The summed E-state index contributed by atoms with van der Waals surface area (Å²) in [4.78, 5) is 36.5. The fraction of sp³-hybridized carbons (Fsp3) is 0.235. The molecule has 0 fully saturated rings. The molecule has 7 nitrogen and oxygen atoms in total. The zero-order chi connectivity index (χ0) is 17.3. The first-order valence-corrected chi connectivity index (χ1v) is 7.64. The first-order valence-electron chi connectivity index (χ1n) is 7.64. The third kappa shape index (κ3) is 2.64. The fourth-order valence-corrected chi connectivity index (χ4v) is 2.52. The molecule has 0 aliphatic carbocycles. The number of aromatic nitrogens is 4. The van der Waals surface area contributed by atoms with Crippen LogP contribution in [0.15, 0.2) is 35.5 Å². The minimum atomic E-state index is -1.25. The Morgan fingerprint density at radius 2 is 2.08 bits per heavy atom. The van der Waals surface area contributed by atoms with Gasteiger partial charge in [0.15, 0.2) is 5.82 Å². The molecule has 3 aromatic rings. The highest BCUT2D eigenvalue weighted by Gasteiger charge is 2.16. The van der Waals surface area contributed by atoms with Crippen molar-refractivity contribution < 1.29 is 9.90 Å². The van der Waals surface area contributed by atoms with Crippen LogP contribution >= 0.6 is 0 Å². The normalized spacial score (nSPS) is 10.9. The van der Waals surface area contributed by atoms with Gasteiger partial charge in [0.25, 0.3) is 0 Å². The van der Waals surface area contributed by atoms with Gasteiger partial charge >= 0.3 is 5.97 Å². The van der Waals surface area contributed by atoms with E-state index >= 15 is 0 Å². The van der Waals surface area contributed by atoms with Crippen LogP contribution in [0.2, 0.25) is 0 Å². The Bertz CT molecular complexity index is 995. The molecule has 3 rings (SSSR count). The third-order valence-electron chi connectivity index (χ3n) is 3.82. The number of pyridine rings is 2. The second-order valence-corrected chi connectivity index (χ2v) is 5.28. The van der Waals surface area contributed by atoms with E-state index in [9.17, 15) is 14.7 Å². The highest BCUT2D eigenvalue weighted by Crippen LogP contribution is 2.18. The Balaban J connectivity index is 2.26. The summed E-state index contributed by atoms with van der Waals surface area (Å²) in [5.41, 5.74) is 1.30. The Morgan fingerprint density at radius 3 is 2.75 bits per heavy atom. The van der Waals surface area contributed by atoms with Crippen molar-refractivity contribution in [3.63, 3.8) is 0 Å². The van der Waals surface area contributed by atoms with Crippen LogP contribution in [-0.2, 0) is 13.0 Å². The van der Waals surface area contributed by atoms with Crippen LogP contribution in [0, 0.1) is 0 Å². The molecule has 0 aliphatic rings. The average molecular weight is 324 g/mol. The number of carboxylic acid groups (broad SMARTS) is 1. The van der Waals surface area contributed by atoms with Crippen LogP contribution in [0.5, 0.6) is 0 Å². The SMILES string of the molecule is CCc1cc(-c2ncc3c(=O)c(C(=O)O)cn(CC)c3n2)ccn1. The number of aryl methyl sites for hydroxylation is 2. The van der Waals surface area contributed by atoms with E-state index in [1.54, 1.807) is 16.8 Å². The quantitative estimate of drug-likeness (QED) is 0.789. The van der Waals surface area contributed by atoms with E-state index in [1.165, 1.54) is 12.4 Å². The topological polar surface area (TPSA) is 98.0 Å². The molecule has 7 heteroatoms. The van der Waals surface area contributed by atoms with Gasteiger partial charge in [-0.3, -0.25) is 9.78 Å². The van der Waals surface area contributed by atoms with Gasteiger partial charge in [-0.25, -0.2) is 14.8 Å². The lowest BCUT2D eigenvalue weighted by Gasteiger charge is -2.10. The van der Waals surface area contributed by atoms with E-state index in [0.29, 0.717) is 18.0 Å². The minimum Gasteiger partial charge on any atom is -0.477 e. The van der Waals surface area contributed by atoms with Gasteiger partial charge in [-0.15, -0.1) is 0 Å². The van der Waals surface area contributed by atoms with Gasteiger partial charge in [0.1, 0.15) is 11.2 Å². The maximum atomic E-state index is 12.3. The summed E-state index contributed by atoms with van der Waals surface area (Å²) < 4.78 is 1.65. The molecular formula is C17H16N4O3. The number of nitrogens with zero attached hydrogens (tertiary/aromatic N) is 4. The first-order chi connectivity index (χ1) is 11.5. The number of hydrogen-bond acceptors (Lipinski definition) is 5. The van der Waals surface area contributed by atoms with E-state index in [2.05, 4.69) is 15.0 Å². The molecule has 0 aromatic carbocycles. The second-order valence-electron chi connectivity index (χ2n) is 5.28. The van der Waals surface area contributed by atoms with Crippen LogP contribution in [0.4, 0.5) is 0 Å². The molecule has 1 N–H and O–H groups in total. The van der Waals surface area contributed by atoms with Crippen LogP contribution in [0.25, 0.3) is 22.4 Å². The van der Waals surface area contributed by atoms with Gasteiger partial charge in [0.2, 0.25) is 5.43 Å².